The quantitative estimate of drug-likeness (QED) is 0.279. The molecule has 1 aromatic heterocycles. The second kappa shape index (κ2) is 6.97. The number of nitrogens with zero attached hydrogens (tertiary/aromatic N) is 1. The second-order valence-corrected chi connectivity index (χ2v) is 6.13. The van der Waals surface area contributed by atoms with Gasteiger partial charge in [-0.1, -0.05) is 42.5 Å². The fourth-order valence-electron chi connectivity index (χ4n) is 3.46. The summed E-state index contributed by atoms with van der Waals surface area (Å²) in [5, 5.41) is 5.20. The molecule has 4 heteroatoms. The van der Waals surface area contributed by atoms with Crippen molar-refractivity contribution in [1.82, 2.24) is 4.57 Å². The van der Waals surface area contributed by atoms with Gasteiger partial charge in [-0.2, -0.15) is 0 Å². The maximum absolute atomic E-state index is 9.80. The Kier molecular flexibility index (Phi) is 4.54. The fraction of sp³-hybridized carbons (Fsp3) is 0. The number of halogens is 2. The van der Waals surface area contributed by atoms with E-state index in [0.717, 1.165) is 0 Å². The predicted molar refractivity (Wildman–Crippen MR) is 96.1 cm³/mol. The van der Waals surface area contributed by atoms with Crippen molar-refractivity contribution in [2.75, 3.05) is 0 Å². The van der Waals surface area contributed by atoms with Crippen molar-refractivity contribution in [3.63, 3.8) is 0 Å². The van der Waals surface area contributed by atoms with E-state index in [1.165, 1.54) is 38.3 Å². The fourth-order valence-corrected chi connectivity index (χ4v) is 3.46. The van der Waals surface area contributed by atoms with E-state index in [0.29, 0.717) is 0 Å². The Balaban J connectivity index is 0.000000490. The van der Waals surface area contributed by atoms with Crippen LogP contribution in [0.5, 0.6) is 0 Å². The molecule has 0 aliphatic heterocycles. The molecule has 1 nitrogen and oxygen atoms in total. The van der Waals surface area contributed by atoms with Crippen molar-refractivity contribution in [3.05, 3.63) is 84.9 Å². The molecule has 25 heavy (non-hydrogen) atoms. The molecule has 0 atom stereocenters. The molecule has 0 fully saturated rings. The summed E-state index contributed by atoms with van der Waals surface area (Å²) in [6.45, 7) is 0. The van der Waals surface area contributed by atoms with Gasteiger partial charge in [-0.25, -0.2) is 0 Å². The van der Waals surface area contributed by atoms with Crippen LogP contribution in [0.4, 0.5) is 5.25 Å². The number of hydrogen-bond acceptors (Lipinski definition) is 0. The SMILES string of the molecule is [F][Zr][F].c1ccc2[cH-]c(-n3c4ccccc4c4ccccc43)cc2c1. The van der Waals surface area contributed by atoms with Crippen LogP contribution in [0, 0.1) is 0 Å². The molecular weight excluding hydrogens is 395 g/mol. The number of rotatable bonds is 1. The molecule has 0 aliphatic carbocycles. The summed E-state index contributed by atoms with van der Waals surface area (Å²) in [6, 6.07) is 30.3. The number of para-hydroxylation sites is 2. The minimum absolute atomic E-state index is 1.23. The van der Waals surface area contributed by atoms with Gasteiger partial charge < -0.3 is 4.57 Å². The molecule has 0 unspecified atom stereocenters. The van der Waals surface area contributed by atoms with Crippen LogP contribution < -0.4 is 0 Å². The number of hydrogen-bond donors (Lipinski definition) is 0. The first-order valence-corrected chi connectivity index (χ1v) is 9.79. The molecule has 5 rings (SSSR count). The van der Waals surface area contributed by atoms with Crippen LogP contribution in [0.2, 0.25) is 0 Å². The normalized spacial score (nSPS) is 10.8. The van der Waals surface area contributed by atoms with Crippen molar-refractivity contribution in [2.45, 2.75) is 0 Å². The third-order valence-corrected chi connectivity index (χ3v) is 4.44. The van der Waals surface area contributed by atoms with Crippen LogP contribution in [-0.2, 0) is 24.5 Å². The van der Waals surface area contributed by atoms with Crippen molar-refractivity contribution < 1.29 is 29.7 Å². The molecule has 0 saturated carbocycles. The van der Waals surface area contributed by atoms with Gasteiger partial charge in [-0.15, -0.1) is 41.1 Å². The van der Waals surface area contributed by atoms with Crippen LogP contribution in [0.1, 0.15) is 0 Å². The molecule has 0 N–H and O–H groups in total. The Bertz CT molecular complexity index is 1070. The molecule has 0 aliphatic rings. The maximum atomic E-state index is 9.80. The average molecular weight is 410 g/mol. The zero-order valence-electron chi connectivity index (χ0n) is 13.3. The zero-order chi connectivity index (χ0) is 17.2. The van der Waals surface area contributed by atoms with Crippen LogP contribution in [0.3, 0.4) is 0 Å². The zero-order valence-corrected chi connectivity index (χ0v) is 15.7. The van der Waals surface area contributed by atoms with Gasteiger partial charge in [0.2, 0.25) is 0 Å². The third-order valence-electron chi connectivity index (χ3n) is 4.44. The summed E-state index contributed by atoms with van der Waals surface area (Å²) in [5.74, 6) is 0. The monoisotopic (exact) mass is 408 g/mol. The van der Waals surface area contributed by atoms with Gasteiger partial charge >= 0.3 is 29.7 Å². The Morgan fingerprint density at radius 3 is 1.84 bits per heavy atom. The number of benzene rings is 3. The van der Waals surface area contributed by atoms with Crippen LogP contribution in [-0.4, -0.2) is 4.57 Å². The molecular formula is C21H14F2NZr-. The summed E-state index contributed by atoms with van der Waals surface area (Å²) in [7, 11) is 0. The van der Waals surface area contributed by atoms with Crippen LogP contribution >= 0.6 is 0 Å². The minimum atomic E-state index is -2.77. The molecule has 5 aromatic rings. The molecule has 1 heterocycles. The molecule has 0 radical (unpaired) electrons. The van der Waals surface area contributed by atoms with Crippen molar-refractivity contribution in [3.8, 4) is 5.69 Å². The van der Waals surface area contributed by atoms with Crippen molar-refractivity contribution >= 4 is 32.6 Å². The summed E-state index contributed by atoms with van der Waals surface area (Å²) < 4.78 is 22.0. The number of fused-ring (bicyclic) bond motifs is 4. The molecule has 0 bridgehead atoms. The Morgan fingerprint density at radius 1 is 0.720 bits per heavy atom. The van der Waals surface area contributed by atoms with E-state index in [1.54, 1.807) is 0 Å². The molecule has 0 spiro atoms. The van der Waals surface area contributed by atoms with Gasteiger partial charge in [0, 0.05) is 10.8 Å². The average Bonchev–Trinajstić information content (AvgIpc) is 3.21. The van der Waals surface area contributed by atoms with E-state index < -0.39 is 24.5 Å². The Hall–Kier alpha value is -2.19. The predicted octanol–water partition coefficient (Wildman–Crippen LogP) is 6.49. The number of aromatic nitrogens is 1. The summed E-state index contributed by atoms with van der Waals surface area (Å²) in [4.78, 5) is 0. The first-order chi connectivity index (χ1) is 12.3. The summed E-state index contributed by atoms with van der Waals surface area (Å²) >= 11 is -2.77. The van der Waals surface area contributed by atoms with Crippen LogP contribution in [0.25, 0.3) is 38.3 Å². The summed E-state index contributed by atoms with van der Waals surface area (Å²) in [5.41, 5.74) is 3.76. The van der Waals surface area contributed by atoms with E-state index in [2.05, 4.69) is 89.5 Å². The van der Waals surface area contributed by atoms with Crippen molar-refractivity contribution in [1.29, 1.82) is 0 Å². The smallest absolute Gasteiger partial charge is 0.0523 e. The maximum Gasteiger partial charge on any atom is 0.0523 e. The van der Waals surface area contributed by atoms with E-state index in [-0.39, 0.29) is 0 Å². The van der Waals surface area contributed by atoms with E-state index >= 15 is 0 Å². The molecule has 122 valence electrons. The minimum Gasteiger partial charge on any atom is -0.328 e. The summed E-state index contributed by atoms with van der Waals surface area (Å²) in [6.07, 6.45) is 0. The van der Waals surface area contributed by atoms with Gasteiger partial charge in [0.05, 0.1) is 11.0 Å². The first-order valence-electron chi connectivity index (χ1n) is 7.94. The Morgan fingerprint density at radius 2 is 1.24 bits per heavy atom. The van der Waals surface area contributed by atoms with Gasteiger partial charge in [0.25, 0.3) is 0 Å². The second-order valence-electron chi connectivity index (χ2n) is 5.78. The first kappa shape index (κ1) is 16.3. The largest absolute Gasteiger partial charge is 0.328 e. The topological polar surface area (TPSA) is 4.93 Å². The van der Waals surface area contributed by atoms with Gasteiger partial charge in [0.1, 0.15) is 0 Å². The van der Waals surface area contributed by atoms with Gasteiger partial charge in [0.15, 0.2) is 0 Å². The molecule has 0 amide bonds. The standard InChI is InChI=1S/C21H14N.2FH.Zr/c1-2-8-16-14-17(13-15(16)7-1)22-20-11-5-3-9-18(20)19-10-4-6-12-21(19)22;;;/h1-14H;2*1H;/q-1;;;+2/p-2. The Labute approximate surface area is 157 Å². The third kappa shape index (κ3) is 2.85. The van der Waals surface area contributed by atoms with Gasteiger partial charge in [-0.05, 0) is 17.8 Å². The van der Waals surface area contributed by atoms with E-state index in [1.807, 2.05) is 0 Å². The molecule has 4 aromatic carbocycles. The molecule has 0 saturated heterocycles. The van der Waals surface area contributed by atoms with Crippen molar-refractivity contribution in [2.24, 2.45) is 0 Å². The van der Waals surface area contributed by atoms with E-state index in [9.17, 15) is 5.25 Å². The van der Waals surface area contributed by atoms with E-state index in [4.69, 9.17) is 0 Å². The van der Waals surface area contributed by atoms with Crippen LogP contribution in [0.15, 0.2) is 84.9 Å². The van der Waals surface area contributed by atoms with Gasteiger partial charge in [-0.3, -0.25) is 0 Å².